The Morgan fingerprint density at radius 3 is 2.52 bits per heavy atom. The van der Waals surface area contributed by atoms with Crippen LogP contribution in [0.1, 0.15) is 45.6 Å². The van der Waals surface area contributed by atoms with E-state index in [1.54, 1.807) is 16.7 Å². The standard InChI is InChI=1S/C22H33N3O5S/c1-22(2,3)30-20(27)23-12-8-7-11-18(19(26)25-13-14-31-16-25)24-21(28)29-15-17-9-5-4-6-10-17/h4-6,9-10,18H,7-8,11-16H2,1-3H3,(H,23,27)(H,24,28). The minimum absolute atomic E-state index is 0.0956. The third-order valence-corrected chi connectivity index (χ3v) is 5.42. The lowest BCUT2D eigenvalue weighted by Gasteiger charge is -2.23. The summed E-state index contributed by atoms with van der Waals surface area (Å²) < 4.78 is 10.5. The molecule has 2 N–H and O–H groups in total. The Morgan fingerprint density at radius 2 is 1.87 bits per heavy atom. The molecular formula is C22H33N3O5S. The number of rotatable bonds is 9. The molecule has 1 heterocycles. The van der Waals surface area contributed by atoms with E-state index in [0.717, 1.165) is 11.3 Å². The molecule has 0 aromatic heterocycles. The Hall–Kier alpha value is -2.42. The highest BCUT2D eigenvalue weighted by molar-refractivity contribution is 7.99. The summed E-state index contributed by atoms with van der Waals surface area (Å²) in [6.45, 7) is 6.69. The van der Waals surface area contributed by atoms with E-state index in [-0.39, 0.29) is 12.5 Å². The van der Waals surface area contributed by atoms with Crippen molar-refractivity contribution >= 4 is 29.9 Å². The van der Waals surface area contributed by atoms with Crippen molar-refractivity contribution in [3.63, 3.8) is 0 Å². The largest absolute Gasteiger partial charge is 0.445 e. The number of carbonyl (C=O) groups is 3. The van der Waals surface area contributed by atoms with Crippen LogP contribution in [0.15, 0.2) is 30.3 Å². The van der Waals surface area contributed by atoms with Gasteiger partial charge in [0.2, 0.25) is 5.91 Å². The van der Waals surface area contributed by atoms with E-state index in [2.05, 4.69) is 10.6 Å². The molecule has 1 fully saturated rings. The van der Waals surface area contributed by atoms with Crippen molar-refractivity contribution in [3.8, 4) is 0 Å². The molecule has 0 aliphatic carbocycles. The fourth-order valence-corrected chi connectivity index (χ4v) is 3.91. The number of carbonyl (C=O) groups excluding carboxylic acids is 3. The molecule has 0 saturated carbocycles. The van der Waals surface area contributed by atoms with Crippen LogP contribution in [0.2, 0.25) is 0 Å². The number of benzene rings is 1. The van der Waals surface area contributed by atoms with Crippen molar-refractivity contribution in [1.82, 2.24) is 15.5 Å². The number of amides is 3. The third kappa shape index (κ3) is 9.95. The number of unbranched alkanes of at least 4 members (excludes halogenated alkanes) is 1. The van der Waals surface area contributed by atoms with Gasteiger partial charge in [0, 0.05) is 18.8 Å². The first-order valence-corrected chi connectivity index (χ1v) is 11.7. The van der Waals surface area contributed by atoms with E-state index in [4.69, 9.17) is 9.47 Å². The Bertz CT molecular complexity index is 718. The number of ether oxygens (including phenoxy) is 2. The molecule has 1 aromatic rings. The molecule has 3 amide bonds. The van der Waals surface area contributed by atoms with Crippen molar-refractivity contribution in [2.45, 2.75) is 58.3 Å². The van der Waals surface area contributed by atoms with Crippen molar-refractivity contribution in [2.75, 3.05) is 24.7 Å². The van der Waals surface area contributed by atoms with Gasteiger partial charge in [-0.05, 0) is 45.6 Å². The van der Waals surface area contributed by atoms with Crippen molar-refractivity contribution in [1.29, 1.82) is 0 Å². The molecule has 0 bridgehead atoms. The molecule has 1 aromatic carbocycles. The molecule has 1 unspecified atom stereocenters. The van der Waals surface area contributed by atoms with Crippen LogP contribution in [0.3, 0.4) is 0 Å². The molecule has 2 rings (SSSR count). The Morgan fingerprint density at radius 1 is 1.13 bits per heavy atom. The summed E-state index contributed by atoms with van der Waals surface area (Å²) in [5, 5.41) is 5.43. The van der Waals surface area contributed by atoms with Gasteiger partial charge in [-0.25, -0.2) is 9.59 Å². The van der Waals surface area contributed by atoms with Gasteiger partial charge in [-0.1, -0.05) is 30.3 Å². The highest BCUT2D eigenvalue weighted by atomic mass is 32.2. The smallest absolute Gasteiger partial charge is 0.408 e. The van der Waals surface area contributed by atoms with E-state index in [1.807, 2.05) is 51.1 Å². The first-order chi connectivity index (χ1) is 14.7. The van der Waals surface area contributed by atoms with Crippen molar-refractivity contribution < 1.29 is 23.9 Å². The lowest BCUT2D eigenvalue weighted by molar-refractivity contribution is -0.132. The minimum atomic E-state index is -0.650. The van der Waals surface area contributed by atoms with Crippen LogP contribution < -0.4 is 10.6 Å². The highest BCUT2D eigenvalue weighted by Gasteiger charge is 2.28. The number of thioether (sulfide) groups is 1. The molecule has 0 spiro atoms. The maximum absolute atomic E-state index is 12.8. The van der Waals surface area contributed by atoms with Crippen LogP contribution in [0, 0.1) is 0 Å². The van der Waals surface area contributed by atoms with Gasteiger partial charge in [0.05, 0.1) is 5.88 Å². The zero-order chi connectivity index (χ0) is 22.7. The van der Waals surface area contributed by atoms with Gasteiger partial charge in [0.15, 0.2) is 0 Å². The monoisotopic (exact) mass is 451 g/mol. The van der Waals surface area contributed by atoms with Crippen LogP contribution >= 0.6 is 11.8 Å². The third-order valence-electron chi connectivity index (χ3n) is 4.46. The molecule has 1 atom stereocenters. The lowest BCUT2D eigenvalue weighted by Crippen LogP contribution is -2.48. The number of alkyl carbamates (subject to hydrolysis) is 2. The van der Waals surface area contributed by atoms with Crippen molar-refractivity contribution in [3.05, 3.63) is 35.9 Å². The minimum Gasteiger partial charge on any atom is -0.445 e. The van der Waals surface area contributed by atoms with Crippen LogP contribution in [0.25, 0.3) is 0 Å². The van der Waals surface area contributed by atoms with Gasteiger partial charge in [-0.2, -0.15) is 0 Å². The maximum atomic E-state index is 12.8. The second kappa shape index (κ2) is 12.4. The molecular weight excluding hydrogens is 418 g/mol. The van der Waals surface area contributed by atoms with Crippen LogP contribution in [-0.2, 0) is 20.9 Å². The summed E-state index contributed by atoms with van der Waals surface area (Å²) in [5.41, 5.74) is 0.337. The average Bonchev–Trinajstić information content (AvgIpc) is 3.25. The topological polar surface area (TPSA) is 97.0 Å². The van der Waals surface area contributed by atoms with Crippen LogP contribution in [0.4, 0.5) is 9.59 Å². The van der Waals surface area contributed by atoms with Gasteiger partial charge < -0.3 is 25.0 Å². The predicted octanol–water partition coefficient (Wildman–Crippen LogP) is 3.51. The van der Waals surface area contributed by atoms with E-state index >= 15 is 0 Å². The maximum Gasteiger partial charge on any atom is 0.408 e. The fraction of sp³-hybridized carbons (Fsp3) is 0.591. The van der Waals surface area contributed by atoms with Gasteiger partial charge >= 0.3 is 12.2 Å². The molecule has 0 radical (unpaired) electrons. The zero-order valence-electron chi connectivity index (χ0n) is 18.5. The number of nitrogens with one attached hydrogen (secondary N) is 2. The van der Waals surface area contributed by atoms with E-state index < -0.39 is 23.8 Å². The van der Waals surface area contributed by atoms with Gasteiger partial charge in [-0.15, -0.1) is 11.8 Å². The molecule has 1 saturated heterocycles. The van der Waals surface area contributed by atoms with E-state index in [9.17, 15) is 14.4 Å². The number of nitrogens with zero attached hydrogens (tertiary/aromatic N) is 1. The van der Waals surface area contributed by atoms with E-state index in [1.165, 1.54) is 0 Å². The van der Waals surface area contributed by atoms with Crippen LogP contribution in [-0.4, -0.2) is 59.4 Å². The second-order valence-electron chi connectivity index (χ2n) is 8.32. The Balaban J connectivity index is 1.79. The van der Waals surface area contributed by atoms with Crippen LogP contribution in [0.5, 0.6) is 0 Å². The quantitative estimate of drug-likeness (QED) is 0.558. The summed E-state index contributed by atoms with van der Waals surface area (Å²) in [4.78, 5) is 38.6. The van der Waals surface area contributed by atoms with Gasteiger partial charge in [-0.3, -0.25) is 4.79 Å². The molecule has 1 aliphatic rings. The molecule has 8 nitrogen and oxygen atoms in total. The highest BCUT2D eigenvalue weighted by Crippen LogP contribution is 2.16. The zero-order valence-corrected chi connectivity index (χ0v) is 19.3. The normalized spacial score (nSPS) is 14.6. The van der Waals surface area contributed by atoms with Gasteiger partial charge in [0.25, 0.3) is 0 Å². The second-order valence-corrected chi connectivity index (χ2v) is 9.40. The Kier molecular flexibility index (Phi) is 9.97. The number of hydrogen-bond acceptors (Lipinski definition) is 6. The Labute approximate surface area is 188 Å². The molecule has 31 heavy (non-hydrogen) atoms. The molecule has 9 heteroatoms. The average molecular weight is 452 g/mol. The number of hydrogen-bond donors (Lipinski definition) is 2. The lowest BCUT2D eigenvalue weighted by atomic mass is 10.1. The first kappa shape index (κ1) is 24.8. The van der Waals surface area contributed by atoms with E-state index in [0.29, 0.717) is 38.2 Å². The first-order valence-electron chi connectivity index (χ1n) is 10.6. The fourth-order valence-electron chi connectivity index (χ4n) is 2.95. The van der Waals surface area contributed by atoms with Crippen molar-refractivity contribution in [2.24, 2.45) is 0 Å². The molecule has 172 valence electrons. The summed E-state index contributed by atoms with van der Waals surface area (Å²) in [6, 6.07) is 8.73. The SMILES string of the molecule is CC(C)(C)OC(=O)NCCCCC(NC(=O)OCc1ccccc1)C(=O)N1CCSC1. The predicted molar refractivity (Wildman–Crippen MR) is 121 cm³/mol. The summed E-state index contributed by atoms with van der Waals surface area (Å²) in [5.74, 6) is 1.44. The van der Waals surface area contributed by atoms with Gasteiger partial charge in [0.1, 0.15) is 18.2 Å². The summed E-state index contributed by atoms with van der Waals surface area (Å²) in [6.07, 6.45) is 0.721. The molecule has 1 aliphatic heterocycles. The summed E-state index contributed by atoms with van der Waals surface area (Å²) >= 11 is 1.69. The summed E-state index contributed by atoms with van der Waals surface area (Å²) in [7, 11) is 0.